The molecule has 0 saturated carbocycles. The molecule has 2 N–H and O–H groups in total. The lowest BCUT2D eigenvalue weighted by Crippen LogP contribution is -2.56. The van der Waals surface area contributed by atoms with Gasteiger partial charge in [-0.25, -0.2) is 4.99 Å². The summed E-state index contributed by atoms with van der Waals surface area (Å²) in [6, 6.07) is 29.1. The third-order valence-electron chi connectivity index (χ3n) is 16.3. The molecule has 0 bridgehead atoms. The summed E-state index contributed by atoms with van der Waals surface area (Å²) in [4.78, 5) is 10.8. The second-order valence-corrected chi connectivity index (χ2v) is 20.4. The Kier molecular flexibility index (Phi) is 11.1. The van der Waals surface area contributed by atoms with Gasteiger partial charge in [-0.1, -0.05) is 152 Å². The van der Waals surface area contributed by atoms with Crippen LogP contribution in [0, 0.1) is 17.8 Å². The van der Waals surface area contributed by atoms with Crippen molar-refractivity contribution < 1.29 is 4.74 Å². The Morgan fingerprint density at radius 2 is 1.71 bits per heavy atom. The van der Waals surface area contributed by atoms with Crippen LogP contribution in [0.1, 0.15) is 105 Å². The lowest BCUT2D eigenvalue weighted by Gasteiger charge is -2.41. The van der Waals surface area contributed by atoms with Crippen LogP contribution in [0.25, 0.3) is 11.3 Å². The van der Waals surface area contributed by atoms with Crippen molar-refractivity contribution in [2.24, 2.45) is 10.9 Å². The predicted molar refractivity (Wildman–Crippen MR) is 285 cm³/mol. The minimum atomic E-state index is -0.287. The van der Waals surface area contributed by atoms with Gasteiger partial charge in [-0.15, -0.1) is 0 Å². The Labute approximate surface area is 414 Å². The molecule has 0 saturated heterocycles. The highest BCUT2D eigenvalue weighted by atomic mass is 16.5. The number of fused-ring (bicyclic) bond motifs is 5. The zero-order valence-electron chi connectivity index (χ0n) is 40.4. The van der Waals surface area contributed by atoms with Gasteiger partial charge >= 0.3 is 0 Å². The van der Waals surface area contributed by atoms with Crippen LogP contribution in [-0.4, -0.2) is 47.6 Å². The number of para-hydroxylation sites is 1. The van der Waals surface area contributed by atoms with Gasteiger partial charge in [0, 0.05) is 71.6 Å². The average Bonchev–Trinajstić information content (AvgIpc) is 3.96. The average molecular weight is 916 g/mol. The number of benzene rings is 3. The maximum Gasteiger partial charge on any atom is 0.140 e. The van der Waals surface area contributed by atoms with Crippen LogP contribution in [0.2, 0.25) is 0 Å². The van der Waals surface area contributed by atoms with Gasteiger partial charge in [0.25, 0.3) is 0 Å². The summed E-state index contributed by atoms with van der Waals surface area (Å²) >= 11 is 0. The molecule has 4 heterocycles. The van der Waals surface area contributed by atoms with Gasteiger partial charge < -0.3 is 19.9 Å². The molecule has 10 aliphatic rings. The lowest BCUT2D eigenvalue weighted by molar-refractivity contribution is 0.305. The lowest BCUT2D eigenvalue weighted by atomic mass is 9.73. The highest BCUT2D eigenvalue weighted by Crippen LogP contribution is 2.56. The van der Waals surface area contributed by atoms with E-state index in [0.29, 0.717) is 12.6 Å². The van der Waals surface area contributed by atoms with E-state index >= 15 is 0 Å². The summed E-state index contributed by atoms with van der Waals surface area (Å²) in [7, 11) is 2.21. The molecule has 6 nitrogen and oxygen atoms in total. The van der Waals surface area contributed by atoms with Crippen LogP contribution in [0.5, 0.6) is 5.75 Å². The van der Waals surface area contributed by atoms with Gasteiger partial charge in [0.15, 0.2) is 0 Å². The van der Waals surface area contributed by atoms with Gasteiger partial charge in [-0.05, 0) is 114 Å². The number of nitrogens with zero attached hydrogens (tertiary/aromatic N) is 3. The normalized spacial score (nSPS) is 27.6. The van der Waals surface area contributed by atoms with E-state index in [-0.39, 0.29) is 30.1 Å². The number of amidine groups is 1. The van der Waals surface area contributed by atoms with Crippen molar-refractivity contribution in [1.82, 2.24) is 20.4 Å². The molecule has 6 heteroatoms. The molecule has 0 aromatic heterocycles. The van der Waals surface area contributed by atoms with E-state index in [9.17, 15) is 0 Å². The van der Waals surface area contributed by atoms with E-state index in [0.717, 1.165) is 84.7 Å². The van der Waals surface area contributed by atoms with Gasteiger partial charge in [0.2, 0.25) is 0 Å². The van der Waals surface area contributed by atoms with E-state index in [2.05, 4.69) is 198 Å². The van der Waals surface area contributed by atoms with E-state index in [1.165, 1.54) is 80.8 Å². The molecule has 0 amide bonds. The first-order chi connectivity index (χ1) is 34.6. The van der Waals surface area contributed by atoms with E-state index in [1.807, 2.05) is 0 Å². The molecule has 0 spiro atoms. The third-order valence-corrected chi connectivity index (χ3v) is 16.3. The largest absolute Gasteiger partial charge is 0.460 e. The molecule has 6 atom stereocenters. The minimum absolute atomic E-state index is 0.0942. The van der Waals surface area contributed by atoms with E-state index in [1.54, 1.807) is 0 Å². The second kappa shape index (κ2) is 18.0. The Bertz CT molecular complexity index is 3170. The summed E-state index contributed by atoms with van der Waals surface area (Å²) in [5.74, 6) is 10.4. The number of nitrogens with one attached hydrogen (secondary N) is 2. The first-order valence-corrected chi connectivity index (χ1v) is 26.0. The van der Waals surface area contributed by atoms with E-state index < -0.39 is 0 Å². The number of allylic oxidation sites excluding steroid dienone is 13. The summed E-state index contributed by atoms with van der Waals surface area (Å²) in [6.07, 6.45) is 39.0. The van der Waals surface area contributed by atoms with Crippen LogP contribution in [-0.2, 0) is 0 Å². The van der Waals surface area contributed by atoms with Crippen LogP contribution in [0.15, 0.2) is 213 Å². The quantitative estimate of drug-likeness (QED) is 0.221. The van der Waals surface area contributed by atoms with Crippen molar-refractivity contribution >= 4 is 17.1 Å². The maximum atomic E-state index is 7.27. The Morgan fingerprint density at radius 1 is 0.829 bits per heavy atom. The fraction of sp³-hybridized carbons (Fsp3) is 0.297. The molecular formula is C64H61N5O. The van der Waals surface area contributed by atoms with Crippen molar-refractivity contribution in [3.8, 4) is 17.6 Å². The first kappa shape index (κ1) is 43.0. The Morgan fingerprint density at radius 3 is 2.53 bits per heavy atom. The zero-order valence-corrected chi connectivity index (χ0v) is 40.4. The molecule has 0 radical (unpaired) electrons. The van der Waals surface area contributed by atoms with E-state index in [4.69, 9.17) is 9.73 Å². The van der Waals surface area contributed by atoms with Crippen molar-refractivity contribution in [2.45, 2.75) is 101 Å². The highest BCUT2D eigenvalue weighted by molar-refractivity contribution is 6.09. The fourth-order valence-electron chi connectivity index (χ4n) is 12.8. The molecule has 0 fully saturated rings. The molecule has 4 aliphatic heterocycles. The second-order valence-electron chi connectivity index (χ2n) is 20.4. The summed E-state index contributed by atoms with van der Waals surface area (Å²) in [5, 5.41) is 8.07. The zero-order chi connectivity index (χ0) is 46.7. The maximum absolute atomic E-state index is 7.27. The fourth-order valence-corrected chi connectivity index (χ4v) is 12.8. The summed E-state index contributed by atoms with van der Waals surface area (Å²) in [6.45, 7) is 3.08. The van der Waals surface area contributed by atoms with Crippen LogP contribution < -0.4 is 15.4 Å². The molecule has 13 rings (SSSR count). The van der Waals surface area contributed by atoms with Crippen LogP contribution in [0.3, 0.4) is 0 Å². The SMILES string of the molecule is CC1C(C2=CC(C3=NC(C4=CCCC#C4)NC(C4=CCCC=C4)N3C)=C(c3cccc4c3OC3=CC5=C(CC34)N(C3=CCCCC3)C3CC=CC=C53)NC2)=CC(c2ccccc2)=CC1c1ccccc1. The van der Waals surface area contributed by atoms with Crippen molar-refractivity contribution in [1.29, 1.82) is 0 Å². The first-order valence-electron chi connectivity index (χ1n) is 26.0. The molecule has 348 valence electrons. The molecule has 70 heavy (non-hydrogen) atoms. The molecule has 3 aromatic rings. The number of rotatable bonds is 8. The summed E-state index contributed by atoms with van der Waals surface area (Å²) < 4.78 is 7.27. The monoisotopic (exact) mass is 915 g/mol. The van der Waals surface area contributed by atoms with Crippen LogP contribution in [0.4, 0.5) is 0 Å². The molecule has 6 aliphatic carbocycles. The topological polar surface area (TPSA) is 52.1 Å². The molecule has 6 unspecified atom stereocenters. The van der Waals surface area contributed by atoms with Crippen molar-refractivity contribution in [3.63, 3.8) is 0 Å². The van der Waals surface area contributed by atoms with Gasteiger partial charge in [0.05, 0.1) is 17.7 Å². The summed E-state index contributed by atoms with van der Waals surface area (Å²) in [5.41, 5.74) is 19.0. The van der Waals surface area contributed by atoms with Crippen molar-refractivity contribution in [3.05, 3.63) is 230 Å². The smallest absolute Gasteiger partial charge is 0.140 e. The van der Waals surface area contributed by atoms with Gasteiger partial charge in [-0.3, -0.25) is 5.32 Å². The minimum Gasteiger partial charge on any atom is -0.460 e. The molecule has 3 aromatic carbocycles. The highest BCUT2D eigenvalue weighted by Gasteiger charge is 2.45. The standard InChI is InChI=1S/C64H61N5O/c1-41-52(43-23-10-4-11-24-43)35-46(42-21-8-3-9-22-42)36-53(41)47-37-56(64-67-62(44-25-12-5-13-26-44)66-63(68(64)2)45-27-14-6-15-28-45)60(65-40-47)51-33-20-32-50-55-38-58-54(39-59(55)70-61(50)51)49-31-18-19-34-57(49)69(58)48-29-16-7-17-30-48/h3-4,8-11,14,18-25,27-29,31-33,35-37,39,41,52,55,57,62-63,65-66H,5-7,12,15-17,30,34,38,40H2,1-2H3. The van der Waals surface area contributed by atoms with Crippen LogP contribution >= 0.6 is 0 Å². The van der Waals surface area contributed by atoms with Crippen molar-refractivity contribution in [2.75, 3.05) is 13.6 Å². The predicted octanol–water partition coefficient (Wildman–Crippen LogP) is 13.0. The Hall–Kier alpha value is -7.07. The number of ether oxygens (including phenoxy) is 1. The molecular weight excluding hydrogens is 855 g/mol. The Balaban J connectivity index is 0.964. The number of hydrogen-bond acceptors (Lipinski definition) is 6. The van der Waals surface area contributed by atoms with Gasteiger partial charge in [-0.2, -0.15) is 0 Å². The number of dihydropyridines is 1. The number of likely N-dealkylation sites (N-methyl/N-ethyl adjacent to an activating group) is 1. The number of aliphatic imine (C=N–C) groups is 1. The third kappa shape index (κ3) is 7.49. The van der Waals surface area contributed by atoms with Gasteiger partial charge in [0.1, 0.15) is 29.7 Å². The number of hydrogen-bond donors (Lipinski definition) is 2.